The van der Waals surface area contributed by atoms with Crippen molar-refractivity contribution < 1.29 is 9.53 Å². The van der Waals surface area contributed by atoms with Crippen molar-refractivity contribution in [3.63, 3.8) is 0 Å². The molecule has 0 radical (unpaired) electrons. The predicted molar refractivity (Wildman–Crippen MR) is 79.8 cm³/mol. The van der Waals surface area contributed by atoms with Crippen LogP contribution in [0.1, 0.15) is 30.4 Å². The summed E-state index contributed by atoms with van der Waals surface area (Å²) >= 11 is 0. The molecule has 1 aliphatic heterocycles. The maximum Gasteiger partial charge on any atom is 0.223 e. The van der Waals surface area contributed by atoms with Crippen molar-refractivity contribution in [2.45, 2.75) is 25.8 Å². The van der Waals surface area contributed by atoms with E-state index in [4.69, 9.17) is 10.00 Å². The molecule has 0 unspecified atom stereocenters. The van der Waals surface area contributed by atoms with Crippen molar-refractivity contribution in [1.29, 1.82) is 5.26 Å². The van der Waals surface area contributed by atoms with Crippen molar-refractivity contribution in [3.05, 3.63) is 29.3 Å². The minimum Gasteiger partial charge on any atom is -0.496 e. The lowest BCUT2D eigenvalue weighted by atomic mass is 10.1. The molecule has 5 heteroatoms. The summed E-state index contributed by atoms with van der Waals surface area (Å²) in [7, 11) is 1.61. The van der Waals surface area contributed by atoms with E-state index in [0.717, 1.165) is 37.2 Å². The first-order valence-electron chi connectivity index (χ1n) is 7.30. The van der Waals surface area contributed by atoms with Crippen LogP contribution in [-0.2, 0) is 11.3 Å². The summed E-state index contributed by atoms with van der Waals surface area (Å²) in [5.41, 5.74) is 1.55. The van der Waals surface area contributed by atoms with Crippen LogP contribution in [-0.4, -0.2) is 37.6 Å². The molecule has 21 heavy (non-hydrogen) atoms. The molecule has 0 saturated carbocycles. The van der Waals surface area contributed by atoms with Crippen LogP contribution < -0.4 is 10.1 Å². The van der Waals surface area contributed by atoms with Gasteiger partial charge in [0.1, 0.15) is 5.75 Å². The van der Waals surface area contributed by atoms with Gasteiger partial charge in [-0.25, -0.2) is 0 Å². The molecule has 1 N–H and O–H groups in total. The Hall–Kier alpha value is -2.06. The predicted octanol–water partition coefficient (Wildman–Crippen LogP) is 1.67. The number of carbonyl (C=O) groups is 1. The smallest absolute Gasteiger partial charge is 0.223 e. The number of benzene rings is 1. The Balaban J connectivity index is 1.80. The maximum absolute atomic E-state index is 11.9. The van der Waals surface area contributed by atoms with E-state index in [2.05, 4.69) is 11.4 Å². The highest BCUT2D eigenvalue weighted by atomic mass is 16.5. The van der Waals surface area contributed by atoms with Gasteiger partial charge in [-0.3, -0.25) is 4.79 Å². The summed E-state index contributed by atoms with van der Waals surface area (Å²) in [6, 6.07) is 7.47. The average molecular weight is 287 g/mol. The molecule has 5 nitrogen and oxygen atoms in total. The Morgan fingerprint density at radius 3 is 2.86 bits per heavy atom. The third kappa shape index (κ3) is 4.20. The van der Waals surface area contributed by atoms with Gasteiger partial charge in [0.15, 0.2) is 0 Å². The van der Waals surface area contributed by atoms with Crippen LogP contribution in [0.4, 0.5) is 0 Å². The van der Waals surface area contributed by atoms with E-state index in [1.807, 2.05) is 11.0 Å². The second-order valence-corrected chi connectivity index (χ2v) is 5.15. The topological polar surface area (TPSA) is 65.4 Å². The molecule has 0 spiro atoms. The Morgan fingerprint density at radius 1 is 1.43 bits per heavy atom. The van der Waals surface area contributed by atoms with E-state index < -0.39 is 0 Å². The zero-order valence-corrected chi connectivity index (χ0v) is 12.4. The number of nitrogens with zero attached hydrogens (tertiary/aromatic N) is 2. The molecular weight excluding hydrogens is 266 g/mol. The van der Waals surface area contributed by atoms with Gasteiger partial charge in [-0.15, -0.1) is 0 Å². The van der Waals surface area contributed by atoms with Gasteiger partial charge in [-0.2, -0.15) is 5.26 Å². The first kappa shape index (κ1) is 15.3. The minimum atomic E-state index is 0.220. The highest BCUT2D eigenvalue weighted by Crippen LogP contribution is 2.19. The number of likely N-dealkylation sites (tertiary alicyclic amines) is 1. The molecule has 1 aliphatic rings. The Labute approximate surface area is 125 Å². The van der Waals surface area contributed by atoms with Crippen LogP contribution in [0.15, 0.2) is 18.2 Å². The Bertz CT molecular complexity index is 531. The zero-order valence-electron chi connectivity index (χ0n) is 12.4. The second kappa shape index (κ2) is 7.65. The molecule has 2 rings (SSSR count). The van der Waals surface area contributed by atoms with Crippen molar-refractivity contribution in [2.24, 2.45) is 0 Å². The molecule has 1 amide bonds. The van der Waals surface area contributed by atoms with E-state index in [0.29, 0.717) is 25.1 Å². The molecule has 112 valence electrons. The molecule has 0 aliphatic carbocycles. The van der Waals surface area contributed by atoms with Crippen molar-refractivity contribution in [3.8, 4) is 11.8 Å². The number of carbonyl (C=O) groups excluding carboxylic acids is 1. The lowest BCUT2D eigenvalue weighted by molar-refractivity contribution is -0.130. The average Bonchev–Trinajstić information content (AvgIpc) is 3.05. The molecular formula is C16H21N3O2. The van der Waals surface area contributed by atoms with Crippen LogP contribution in [0.2, 0.25) is 0 Å². The fraction of sp³-hybridized carbons (Fsp3) is 0.500. The first-order chi connectivity index (χ1) is 10.2. The number of nitriles is 1. The zero-order chi connectivity index (χ0) is 15.1. The van der Waals surface area contributed by atoms with Crippen molar-refractivity contribution in [1.82, 2.24) is 10.2 Å². The molecule has 1 aromatic rings. The Morgan fingerprint density at radius 2 is 2.19 bits per heavy atom. The maximum atomic E-state index is 11.9. The number of amides is 1. The largest absolute Gasteiger partial charge is 0.496 e. The number of nitrogens with one attached hydrogen (secondary N) is 1. The molecule has 0 bridgehead atoms. The molecule has 0 atom stereocenters. The number of methoxy groups -OCH3 is 1. The monoisotopic (exact) mass is 287 g/mol. The normalized spacial score (nSPS) is 14.0. The summed E-state index contributed by atoms with van der Waals surface area (Å²) < 4.78 is 5.28. The lowest BCUT2D eigenvalue weighted by Gasteiger charge is -2.15. The summed E-state index contributed by atoms with van der Waals surface area (Å²) in [5.74, 6) is 0.977. The van der Waals surface area contributed by atoms with Crippen LogP contribution >= 0.6 is 0 Å². The van der Waals surface area contributed by atoms with Crippen LogP contribution in [0.5, 0.6) is 5.75 Å². The van der Waals surface area contributed by atoms with Crippen molar-refractivity contribution in [2.75, 3.05) is 26.7 Å². The number of hydrogen-bond donors (Lipinski definition) is 1. The van der Waals surface area contributed by atoms with Crippen LogP contribution in [0.3, 0.4) is 0 Å². The third-order valence-corrected chi connectivity index (χ3v) is 3.70. The number of ether oxygens (including phenoxy) is 1. The van der Waals surface area contributed by atoms with Gasteiger partial charge in [0.05, 0.1) is 18.7 Å². The summed E-state index contributed by atoms with van der Waals surface area (Å²) in [6.07, 6.45) is 2.76. The van der Waals surface area contributed by atoms with E-state index in [1.54, 1.807) is 19.2 Å². The fourth-order valence-corrected chi connectivity index (χ4v) is 2.53. The quantitative estimate of drug-likeness (QED) is 0.808. The fourth-order valence-electron chi connectivity index (χ4n) is 2.53. The van der Waals surface area contributed by atoms with Gasteiger partial charge in [0, 0.05) is 38.2 Å². The van der Waals surface area contributed by atoms with E-state index in [1.165, 1.54) is 0 Å². The van der Waals surface area contributed by atoms with Crippen LogP contribution in [0, 0.1) is 11.3 Å². The van der Waals surface area contributed by atoms with Crippen molar-refractivity contribution >= 4 is 5.91 Å². The van der Waals surface area contributed by atoms with E-state index >= 15 is 0 Å². The van der Waals surface area contributed by atoms with Gasteiger partial charge >= 0.3 is 0 Å². The van der Waals surface area contributed by atoms with E-state index in [-0.39, 0.29) is 5.91 Å². The van der Waals surface area contributed by atoms with Crippen LogP contribution in [0.25, 0.3) is 0 Å². The van der Waals surface area contributed by atoms with Gasteiger partial charge < -0.3 is 15.0 Å². The number of rotatable bonds is 6. The van der Waals surface area contributed by atoms with Gasteiger partial charge in [-0.1, -0.05) is 0 Å². The number of hydrogen-bond acceptors (Lipinski definition) is 4. The highest BCUT2D eigenvalue weighted by Gasteiger charge is 2.16. The third-order valence-electron chi connectivity index (χ3n) is 3.70. The van der Waals surface area contributed by atoms with Gasteiger partial charge in [0.2, 0.25) is 5.91 Å². The lowest BCUT2D eigenvalue weighted by Crippen LogP contribution is -2.30. The standard InChI is InChI=1S/C16H21N3O2/c1-21-15-5-4-13(11-17)10-14(15)12-18-7-6-16(20)19-8-2-3-9-19/h4-5,10,18H,2-3,6-9,12H2,1H3. The molecule has 1 aromatic carbocycles. The van der Waals surface area contributed by atoms with Gasteiger partial charge in [-0.05, 0) is 31.0 Å². The molecule has 0 aromatic heterocycles. The Kier molecular flexibility index (Phi) is 5.59. The highest BCUT2D eigenvalue weighted by molar-refractivity contribution is 5.76. The minimum absolute atomic E-state index is 0.220. The van der Waals surface area contributed by atoms with E-state index in [9.17, 15) is 4.79 Å². The summed E-state index contributed by atoms with van der Waals surface area (Å²) in [6.45, 7) is 3.02. The summed E-state index contributed by atoms with van der Waals surface area (Å²) in [5, 5.41) is 12.2. The first-order valence-corrected chi connectivity index (χ1v) is 7.30. The SMILES string of the molecule is COc1ccc(C#N)cc1CNCCC(=O)N1CCCC1. The summed E-state index contributed by atoms with van der Waals surface area (Å²) in [4.78, 5) is 13.8. The van der Waals surface area contributed by atoms with Gasteiger partial charge in [0.25, 0.3) is 0 Å². The molecule has 1 fully saturated rings. The molecule has 1 saturated heterocycles. The molecule has 1 heterocycles. The second-order valence-electron chi connectivity index (χ2n) is 5.15.